The lowest BCUT2D eigenvalue weighted by atomic mass is 10.1. The van der Waals surface area contributed by atoms with Gasteiger partial charge in [-0.25, -0.2) is 0 Å². The Labute approximate surface area is 177 Å². The monoisotopic (exact) mass is 440 g/mol. The molecule has 2 aromatic rings. The number of halogens is 3. The summed E-state index contributed by atoms with van der Waals surface area (Å²) in [6.07, 6.45) is -5.06. The number of hydrogen-bond donors (Lipinski definition) is 2. The van der Waals surface area contributed by atoms with Crippen LogP contribution in [0.3, 0.4) is 0 Å². The van der Waals surface area contributed by atoms with Crippen LogP contribution < -0.4 is 24.8 Å². The van der Waals surface area contributed by atoms with Gasteiger partial charge in [0.05, 0.1) is 31.2 Å². The number of nitrogens with one attached hydrogen (secondary N) is 2. The van der Waals surface area contributed by atoms with Crippen LogP contribution in [0.4, 0.5) is 24.5 Å². The zero-order chi connectivity index (χ0) is 23.0. The maximum Gasteiger partial charge on any atom is 0.471 e. The number of carbonyl (C=O) groups is 2. The largest absolute Gasteiger partial charge is 0.490 e. The van der Waals surface area contributed by atoms with E-state index in [1.165, 1.54) is 36.4 Å². The maximum absolute atomic E-state index is 12.8. The highest BCUT2D eigenvalue weighted by molar-refractivity contribution is 6.08. The molecule has 0 aliphatic heterocycles. The molecule has 0 bridgehead atoms. The van der Waals surface area contributed by atoms with Crippen LogP contribution in [0.1, 0.15) is 31.1 Å². The normalized spacial score (nSPS) is 10.9. The molecule has 0 saturated heterocycles. The number of rotatable bonds is 9. The van der Waals surface area contributed by atoms with Gasteiger partial charge in [0.2, 0.25) is 5.75 Å². The predicted octanol–water partition coefficient (Wildman–Crippen LogP) is 4.64. The lowest BCUT2D eigenvalue weighted by Crippen LogP contribution is -2.30. The Kier molecular flexibility index (Phi) is 8.12. The van der Waals surface area contributed by atoms with E-state index in [0.29, 0.717) is 37.1 Å². The second-order valence-corrected chi connectivity index (χ2v) is 6.05. The van der Waals surface area contributed by atoms with Gasteiger partial charge < -0.3 is 24.8 Å². The third kappa shape index (κ3) is 6.27. The minimum atomic E-state index is -5.06. The van der Waals surface area contributed by atoms with Crippen LogP contribution in [-0.4, -0.2) is 37.8 Å². The zero-order valence-electron chi connectivity index (χ0n) is 17.3. The van der Waals surface area contributed by atoms with Gasteiger partial charge in [-0.3, -0.25) is 9.59 Å². The van der Waals surface area contributed by atoms with Crippen LogP contribution in [-0.2, 0) is 4.79 Å². The molecular weight excluding hydrogens is 417 g/mol. The molecular formula is C21H23F3N2O5. The van der Waals surface area contributed by atoms with E-state index in [1.54, 1.807) is 26.1 Å². The van der Waals surface area contributed by atoms with Crippen molar-refractivity contribution < 1.29 is 37.0 Å². The first-order valence-electron chi connectivity index (χ1n) is 9.56. The van der Waals surface area contributed by atoms with Crippen molar-refractivity contribution in [3.8, 4) is 17.2 Å². The van der Waals surface area contributed by atoms with E-state index in [1.807, 2.05) is 0 Å². The summed E-state index contributed by atoms with van der Waals surface area (Å²) in [6.45, 7) is 6.28. The maximum atomic E-state index is 12.8. The molecule has 0 aliphatic carbocycles. The van der Waals surface area contributed by atoms with Crippen molar-refractivity contribution >= 4 is 23.2 Å². The summed E-state index contributed by atoms with van der Waals surface area (Å²) in [4.78, 5) is 24.1. The minimum absolute atomic E-state index is 0.00472. The van der Waals surface area contributed by atoms with E-state index >= 15 is 0 Å². The first-order valence-corrected chi connectivity index (χ1v) is 9.56. The van der Waals surface area contributed by atoms with E-state index < -0.39 is 18.0 Å². The molecule has 7 nitrogen and oxygen atoms in total. The molecule has 2 rings (SSSR count). The number of ether oxygens (including phenoxy) is 3. The second kappa shape index (κ2) is 10.6. The summed E-state index contributed by atoms with van der Waals surface area (Å²) in [5.74, 6) is -1.86. The molecule has 10 heteroatoms. The Morgan fingerprint density at radius 1 is 0.839 bits per heavy atom. The first-order chi connectivity index (χ1) is 14.7. The van der Waals surface area contributed by atoms with Crippen molar-refractivity contribution in [1.82, 2.24) is 0 Å². The van der Waals surface area contributed by atoms with Gasteiger partial charge in [0.25, 0.3) is 5.91 Å². The molecule has 2 amide bonds. The number of para-hydroxylation sites is 2. The van der Waals surface area contributed by atoms with Crippen molar-refractivity contribution in [2.24, 2.45) is 0 Å². The van der Waals surface area contributed by atoms with Gasteiger partial charge in [-0.15, -0.1) is 0 Å². The summed E-state index contributed by atoms with van der Waals surface area (Å²) in [5, 5.41) is 4.25. The molecule has 0 aliphatic rings. The number of benzene rings is 2. The van der Waals surface area contributed by atoms with Gasteiger partial charge in [-0.05, 0) is 45.0 Å². The average Bonchev–Trinajstić information content (AvgIpc) is 2.71. The molecule has 0 radical (unpaired) electrons. The molecule has 0 spiro atoms. The van der Waals surface area contributed by atoms with Crippen molar-refractivity contribution in [2.45, 2.75) is 26.9 Å². The SMILES string of the molecule is CCOc1cc(C(=O)Nc2ccccc2NC(=O)C(F)(F)F)cc(OCC)c1OCC. The van der Waals surface area contributed by atoms with Gasteiger partial charge >= 0.3 is 12.1 Å². The summed E-state index contributed by atoms with van der Waals surface area (Å²) in [5.41, 5.74) is -0.0682. The first kappa shape index (κ1) is 23.8. The van der Waals surface area contributed by atoms with Crippen LogP contribution in [0.5, 0.6) is 17.2 Å². The molecule has 0 heterocycles. The van der Waals surface area contributed by atoms with Crippen LogP contribution in [0.15, 0.2) is 36.4 Å². The van der Waals surface area contributed by atoms with Crippen molar-refractivity contribution in [3.63, 3.8) is 0 Å². The van der Waals surface area contributed by atoms with E-state index in [2.05, 4.69) is 5.32 Å². The van der Waals surface area contributed by atoms with Crippen molar-refractivity contribution in [3.05, 3.63) is 42.0 Å². The van der Waals surface area contributed by atoms with Crippen LogP contribution in [0.25, 0.3) is 0 Å². The second-order valence-electron chi connectivity index (χ2n) is 6.05. The third-order valence-corrected chi connectivity index (χ3v) is 3.85. The zero-order valence-corrected chi connectivity index (χ0v) is 17.3. The fourth-order valence-corrected chi connectivity index (χ4v) is 2.61. The molecule has 31 heavy (non-hydrogen) atoms. The molecule has 0 aromatic heterocycles. The van der Waals surface area contributed by atoms with Crippen molar-refractivity contribution in [1.29, 1.82) is 0 Å². The van der Waals surface area contributed by atoms with E-state index in [9.17, 15) is 22.8 Å². The number of amides is 2. The fraction of sp³-hybridized carbons (Fsp3) is 0.333. The minimum Gasteiger partial charge on any atom is -0.490 e. The number of anilines is 2. The smallest absolute Gasteiger partial charge is 0.471 e. The molecule has 0 saturated carbocycles. The lowest BCUT2D eigenvalue weighted by Gasteiger charge is -2.17. The summed E-state index contributed by atoms with van der Waals surface area (Å²) >= 11 is 0. The van der Waals surface area contributed by atoms with Gasteiger partial charge in [0.15, 0.2) is 11.5 Å². The predicted molar refractivity (Wildman–Crippen MR) is 109 cm³/mol. The topological polar surface area (TPSA) is 85.9 Å². The van der Waals surface area contributed by atoms with Gasteiger partial charge in [-0.1, -0.05) is 12.1 Å². The fourth-order valence-electron chi connectivity index (χ4n) is 2.61. The summed E-state index contributed by atoms with van der Waals surface area (Å²) < 4.78 is 54.5. The van der Waals surface area contributed by atoms with E-state index in [4.69, 9.17) is 14.2 Å². The molecule has 0 unspecified atom stereocenters. The van der Waals surface area contributed by atoms with E-state index in [0.717, 1.165) is 0 Å². The van der Waals surface area contributed by atoms with Gasteiger partial charge in [-0.2, -0.15) is 13.2 Å². The molecule has 2 aromatic carbocycles. The lowest BCUT2D eigenvalue weighted by molar-refractivity contribution is -0.167. The summed E-state index contributed by atoms with van der Waals surface area (Å²) in [6, 6.07) is 8.44. The highest BCUT2D eigenvalue weighted by atomic mass is 19.4. The van der Waals surface area contributed by atoms with Crippen molar-refractivity contribution in [2.75, 3.05) is 30.5 Å². The Bertz CT molecular complexity index is 904. The Morgan fingerprint density at radius 2 is 1.32 bits per heavy atom. The quantitative estimate of drug-likeness (QED) is 0.594. The Balaban J connectivity index is 2.37. The number of hydrogen-bond acceptors (Lipinski definition) is 5. The highest BCUT2D eigenvalue weighted by Crippen LogP contribution is 2.39. The van der Waals surface area contributed by atoms with Crippen LogP contribution in [0.2, 0.25) is 0 Å². The average molecular weight is 440 g/mol. The van der Waals surface area contributed by atoms with E-state index in [-0.39, 0.29) is 16.9 Å². The number of alkyl halides is 3. The third-order valence-electron chi connectivity index (χ3n) is 3.85. The molecule has 168 valence electrons. The standard InChI is InChI=1S/C21H23F3N2O5/c1-4-29-16-11-13(12-17(30-5-2)18(16)31-6-3)19(27)25-14-9-7-8-10-15(14)26-20(28)21(22,23)24/h7-12H,4-6H2,1-3H3,(H,25,27)(H,26,28). The Morgan fingerprint density at radius 3 is 1.77 bits per heavy atom. The van der Waals surface area contributed by atoms with Gasteiger partial charge in [0.1, 0.15) is 0 Å². The highest BCUT2D eigenvalue weighted by Gasteiger charge is 2.39. The Hall–Kier alpha value is -3.43. The molecule has 0 fully saturated rings. The van der Waals surface area contributed by atoms with Crippen LogP contribution >= 0.6 is 0 Å². The molecule has 0 atom stereocenters. The summed E-state index contributed by atoms with van der Waals surface area (Å²) in [7, 11) is 0. The molecule has 2 N–H and O–H groups in total. The van der Waals surface area contributed by atoms with Gasteiger partial charge in [0, 0.05) is 5.56 Å². The van der Waals surface area contributed by atoms with Crippen LogP contribution in [0, 0.1) is 0 Å². The number of carbonyl (C=O) groups excluding carboxylic acids is 2.